The van der Waals surface area contributed by atoms with Crippen molar-refractivity contribution < 1.29 is 9.47 Å². The molecule has 3 heteroatoms. The van der Waals surface area contributed by atoms with Gasteiger partial charge in [-0.15, -0.1) is 0 Å². The van der Waals surface area contributed by atoms with Crippen LogP contribution < -0.4 is 14.8 Å². The zero-order chi connectivity index (χ0) is 19.5. The van der Waals surface area contributed by atoms with E-state index in [0.29, 0.717) is 5.92 Å². The molecule has 144 valence electrons. The predicted octanol–water partition coefficient (Wildman–Crippen LogP) is 6.37. The maximum Gasteiger partial charge on any atom is 0.131 e. The highest BCUT2D eigenvalue weighted by Gasteiger charge is 2.38. The van der Waals surface area contributed by atoms with Crippen molar-refractivity contribution in [3.63, 3.8) is 0 Å². The number of fused-ring (bicyclic) bond motifs is 5. The van der Waals surface area contributed by atoms with Gasteiger partial charge in [-0.05, 0) is 62.9 Å². The van der Waals surface area contributed by atoms with E-state index in [4.69, 9.17) is 9.47 Å². The Balaban J connectivity index is 1.78. The summed E-state index contributed by atoms with van der Waals surface area (Å²) < 4.78 is 12.4. The van der Waals surface area contributed by atoms with Gasteiger partial charge < -0.3 is 14.8 Å². The lowest BCUT2D eigenvalue weighted by Gasteiger charge is -2.39. The first kappa shape index (κ1) is 17.4. The Hall–Kier alpha value is -2.68. The van der Waals surface area contributed by atoms with Crippen LogP contribution in [0.25, 0.3) is 16.7 Å². The van der Waals surface area contributed by atoms with Crippen molar-refractivity contribution in [2.24, 2.45) is 5.92 Å². The van der Waals surface area contributed by atoms with Crippen LogP contribution in [0.4, 0.5) is 5.69 Å². The SMILES string of the molecule is COc1cccc2c1-c1ccc3c(c1C(C1CC=CC1)O2)C(C)=CC(C)(C)N3. The minimum absolute atomic E-state index is 0.0471. The highest BCUT2D eigenvalue weighted by Crippen LogP contribution is 2.54. The maximum atomic E-state index is 6.68. The summed E-state index contributed by atoms with van der Waals surface area (Å²) in [7, 11) is 1.73. The second-order valence-electron chi connectivity index (χ2n) is 8.70. The summed E-state index contributed by atoms with van der Waals surface area (Å²) in [4.78, 5) is 0. The number of hydrogen-bond donors (Lipinski definition) is 1. The Labute approximate surface area is 167 Å². The van der Waals surface area contributed by atoms with E-state index in [-0.39, 0.29) is 11.6 Å². The summed E-state index contributed by atoms with van der Waals surface area (Å²) in [5.41, 5.74) is 7.37. The molecule has 1 N–H and O–H groups in total. The van der Waals surface area contributed by atoms with Gasteiger partial charge in [-0.25, -0.2) is 0 Å². The molecule has 0 fully saturated rings. The molecule has 1 aliphatic carbocycles. The number of benzene rings is 2. The van der Waals surface area contributed by atoms with E-state index >= 15 is 0 Å². The van der Waals surface area contributed by atoms with Crippen LogP contribution in [0.5, 0.6) is 11.5 Å². The summed E-state index contributed by atoms with van der Waals surface area (Å²) in [6, 6.07) is 10.6. The molecular formula is C25H27NO2. The van der Waals surface area contributed by atoms with Gasteiger partial charge >= 0.3 is 0 Å². The van der Waals surface area contributed by atoms with E-state index in [1.807, 2.05) is 12.1 Å². The second-order valence-corrected chi connectivity index (χ2v) is 8.70. The van der Waals surface area contributed by atoms with Crippen molar-refractivity contribution >= 4 is 11.3 Å². The van der Waals surface area contributed by atoms with E-state index in [9.17, 15) is 0 Å². The van der Waals surface area contributed by atoms with Gasteiger partial charge in [0.2, 0.25) is 0 Å². The summed E-state index contributed by atoms with van der Waals surface area (Å²) in [5.74, 6) is 2.26. The molecule has 0 saturated heterocycles. The van der Waals surface area contributed by atoms with Gasteiger partial charge in [0, 0.05) is 22.7 Å². The van der Waals surface area contributed by atoms with Crippen molar-refractivity contribution in [3.05, 3.63) is 59.7 Å². The van der Waals surface area contributed by atoms with E-state index in [1.165, 1.54) is 28.0 Å². The highest BCUT2D eigenvalue weighted by molar-refractivity contribution is 5.91. The van der Waals surface area contributed by atoms with Crippen molar-refractivity contribution in [2.45, 2.75) is 45.3 Å². The number of ether oxygens (including phenoxy) is 2. The first-order chi connectivity index (χ1) is 13.5. The molecule has 0 saturated carbocycles. The van der Waals surface area contributed by atoms with E-state index in [1.54, 1.807) is 7.11 Å². The Morgan fingerprint density at radius 1 is 1.07 bits per heavy atom. The van der Waals surface area contributed by atoms with E-state index in [0.717, 1.165) is 29.9 Å². The first-order valence-electron chi connectivity index (χ1n) is 10.1. The average molecular weight is 373 g/mol. The average Bonchev–Trinajstić information content (AvgIpc) is 3.19. The van der Waals surface area contributed by atoms with Gasteiger partial charge in [-0.1, -0.05) is 30.4 Å². The van der Waals surface area contributed by atoms with Crippen molar-refractivity contribution in [1.82, 2.24) is 0 Å². The molecule has 0 aromatic heterocycles. The van der Waals surface area contributed by atoms with Gasteiger partial charge in [0.1, 0.15) is 17.6 Å². The van der Waals surface area contributed by atoms with Crippen LogP contribution in [-0.2, 0) is 0 Å². The third kappa shape index (κ3) is 2.56. The molecule has 2 aliphatic heterocycles. The first-order valence-corrected chi connectivity index (χ1v) is 10.1. The molecule has 1 unspecified atom stereocenters. The zero-order valence-electron chi connectivity index (χ0n) is 17.0. The van der Waals surface area contributed by atoms with E-state index < -0.39 is 0 Å². The molecule has 0 spiro atoms. The third-order valence-electron chi connectivity index (χ3n) is 6.16. The standard InChI is InChI=1S/C25H27NO2/c1-15-14-25(2,3)26-18-13-12-17-22-19(27-4)10-7-11-20(22)28-24(23(17)21(15)18)16-8-5-6-9-16/h5-7,10-14,16,24,26H,8-9H2,1-4H3. The molecule has 0 radical (unpaired) electrons. The van der Waals surface area contributed by atoms with Crippen molar-refractivity contribution in [1.29, 1.82) is 0 Å². The van der Waals surface area contributed by atoms with Crippen LogP contribution in [0.3, 0.4) is 0 Å². The lowest BCUT2D eigenvalue weighted by atomic mass is 9.78. The monoisotopic (exact) mass is 373 g/mol. The lowest BCUT2D eigenvalue weighted by molar-refractivity contribution is 0.137. The fourth-order valence-electron chi connectivity index (χ4n) is 5.12. The number of methoxy groups -OCH3 is 1. The molecule has 3 aliphatic rings. The van der Waals surface area contributed by atoms with Gasteiger partial charge in [-0.3, -0.25) is 0 Å². The molecule has 28 heavy (non-hydrogen) atoms. The topological polar surface area (TPSA) is 30.5 Å². The van der Waals surface area contributed by atoms with Crippen molar-refractivity contribution in [3.8, 4) is 22.6 Å². The van der Waals surface area contributed by atoms with Gasteiger partial charge in [0.15, 0.2) is 0 Å². The smallest absolute Gasteiger partial charge is 0.131 e. The van der Waals surface area contributed by atoms with Gasteiger partial charge in [0.05, 0.1) is 18.2 Å². The maximum absolute atomic E-state index is 6.68. The number of nitrogens with one attached hydrogen (secondary N) is 1. The normalized spacial score (nSPS) is 21.7. The fraction of sp³-hybridized carbons (Fsp3) is 0.360. The largest absolute Gasteiger partial charge is 0.496 e. The third-order valence-corrected chi connectivity index (χ3v) is 6.16. The number of anilines is 1. The zero-order valence-corrected chi connectivity index (χ0v) is 17.0. The Bertz CT molecular complexity index is 1010. The number of allylic oxidation sites excluding steroid dienone is 3. The van der Waals surface area contributed by atoms with Crippen LogP contribution in [0, 0.1) is 5.92 Å². The molecule has 5 rings (SSSR count). The molecular weight excluding hydrogens is 346 g/mol. The van der Waals surface area contributed by atoms with Crippen LogP contribution in [0.15, 0.2) is 48.6 Å². The highest BCUT2D eigenvalue weighted by atomic mass is 16.5. The minimum Gasteiger partial charge on any atom is -0.496 e. The number of hydrogen-bond acceptors (Lipinski definition) is 3. The Kier molecular flexibility index (Phi) is 3.84. The molecule has 0 amide bonds. The lowest BCUT2D eigenvalue weighted by Crippen LogP contribution is -2.33. The Morgan fingerprint density at radius 2 is 1.86 bits per heavy atom. The second kappa shape index (κ2) is 6.16. The molecule has 0 bridgehead atoms. The predicted molar refractivity (Wildman–Crippen MR) is 115 cm³/mol. The van der Waals surface area contributed by atoms with Gasteiger partial charge in [0.25, 0.3) is 0 Å². The summed E-state index contributed by atoms with van der Waals surface area (Å²) >= 11 is 0. The fourth-order valence-corrected chi connectivity index (χ4v) is 5.12. The minimum atomic E-state index is -0.0547. The quantitative estimate of drug-likeness (QED) is 0.621. The summed E-state index contributed by atoms with van der Waals surface area (Å²) in [6.07, 6.45) is 9.08. The molecule has 2 heterocycles. The summed E-state index contributed by atoms with van der Waals surface area (Å²) in [5, 5.41) is 3.70. The van der Waals surface area contributed by atoms with Crippen LogP contribution >= 0.6 is 0 Å². The van der Waals surface area contributed by atoms with E-state index in [2.05, 4.69) is 62.5 Å². The molecule has 1 atom stereocenters. The van der Waals surface area contributed by atoms with Crippen LogP contribution in [0.2, 0.25) is 0 Å². The molecule has 2 aromatic carbocycles. The van der Waals surface area contributed by atoms with Crippen LogP contribution in [0.1, 0.15) is 50.8 Å². The molecule has 3 nitrogen and oxygen atoms in total. The molecule has 2 aromatic rings. The van der Waals surface area contributed by atoms with Crippen LogP contribution in [-0.4, -0.2) is 12.6 Å². The Morgan fingerprint density at radius 3 is 2.61 bits per heavy atom. The number of rotatable bonds is 2. The van der Waals surface area contributed by atoms with Crippen molar-refractivity contribution in [2.75, 3.05) is 12.4 Å². The summed E-state index contributed by atoms with van der Waals surface area (Å²) in [6.45, 7) is 6.65. The van der Waals surface area contributed by atoms with Gasteiger partial charge in [-0.2, -0.15) is 0 Å².